The van der Waals surface area contributed by atoms with Crippen molar-refractivity contribution in [2.45, 2.75) is 26.6 Å². The van der Waals surface area contributed by atoms with E-state index in [0.29, 0.717) is 5.95 Å². The molecule has 0 fully saturated rings. The van der Waals surface area contributed by atoms with E-state index in [-0.39, 0.29) is 0 Å². The number of hydrogen-bond acceptors (Lipinski definition) is 6. The van der Waals surface area contributed by atoms with Gasteiger partial charge in [-0.05, 0) is 37.4 Å². The van der Waals surface area contributed by atoms with Gasteiger partial charge in [-0.2, -0.15) is 18.2 Å². The van der Waals surface area contributed by atoms with Gasteiger partial charge in [-0.3, -0.25) is 0 Å². The molecule has 0 amide bonds. The van der Waals surface area contributed by atoms with Crippen LogP contribution >= 0.6 is 11.3 Å². The minimum absolute atomic E-state index is 0.296. The average molecular weight is 451 g/mol. The highest BCUT2D eigenvalue weighted by molar-refractivity contribution is 7.13. The number of carbonyl (C=O) groups is 1. The first kappa shape index (κ1) is 22.3. The van der Waals surface area contributed by atoms with Crippen molar-refractivity contribution in [2.24, 2.45) is 0 Å². The Morgan fingerprint density at radius 1 is 1.29 bits per heavy atom. The Hall–Kier alpha value is -3.34. The Labute approximate surface area is 179 Å². The van der Waals surface area contributed by atoms with Crippen LogP contribution in [0.15, 0.2) is 35.8 Å². The number of nitrogen functional groups attached to an aromatic ring is 1. The number of aryl methyl sites for hydroxylation is 1. The molecule has 0 saturated carbocycles. The summed E-state index contributed by atoms with van der Waals surface area (Å²) in [5.41, 5.74) is 9.23. The second-order valence-electron chi connectivity index (χ2n) is 6.42. The van der Waals surface area contributed by atoms with Gasteiger partial charge in [0.15, 0.2) is 0 Å². The van der Waals surface area contributed by atoms with Gasteiger partial charge in [0, 0.05) is 35.1 Å². The van der Waals surface area contributed by atoms with Crippen LogP contribution in [0.25, 0.3) is 32.2 Å². The molecule has 0 radical (unpaired) electrons. The van der Waals surface area contributed by atoms with Crippen molar-refractivity contribution in [1.29, 1.82) is 0 Å². The summed E-state index contributed by atoms with van der Waals surface area (Å²) in [5.74, 6) is -1.66. The fourth-order valence-electron chi connectivity index (χ4n) is 3.22. The van der Waals surface area contributed by atoms with E-state index in [4.69, 9.17) is 15.6 Å². The summed E-state index contributed by atoms with van der Waals surface area (Å²) in [5, 5.41) is 14.7. The minimum Gasteiger partial charge on any atom is -0.475 e. The second kappa shape index (κ2) is 8.80. The molecular weight excluding hydrogens is 431 g/mol. The van der Waals surface area contributed by atoms with E-state index >= 15 is 0 Å². The fraction of sp³-hybridized carbons (Fsp3) is 0.250. The number of nitrogens with zero attached hydrogens (tertiary/aromatic N) is 3. The average Bonchev–Trinajstić information content (AvgIpc) is 3.37. The number of fused-ring (bicyclic) bond motifs is 3. The molecule has 4 rings (SSSR count). The number of nitrogens with two attached hydrogens (primary N) is 1. The van der Waals surface area contributed by atoms with Gasteiger partial charge in [0.2, 0.25) is 5.95 Å². The highest BCUT2D eigenvalue weighted by atomic mass is 32.1. The quantitative estimate of drug-likeness (QED) is 0.404. The van der Waals surface area contributed by atoms with Crippen molar-refractivity contribution in [1.82, 2.24) is 14.5 Å². The van der Waals surface area contributed by atoms with Gasteiger partial charge < -0.3 is 20.7 Å². The molecule has 0 aliphatic carbocycles. The van der Waals surface area contributed by atoms with Crippen molar-refractivity contribution in [2.75, 3.05) is 17.6 Å². The van der Waals surface area contributed by atoms with Crippen molar-refractivity contribution in [3.63, 3.8) is 0 Å². The Balaban J connectivity index is 0.000000339. The predicted molar refractivity (Wildman–Crippen MR) is 116 cm³/mol. The lowest BCUT2D eigenvalue weighted by Crippen LogP contribution is -2.21. The maximum absolute atomic E-state index is 10.6. The number of hydrogen-bond donors (Lipinski definition) is 3. The monoisotopic (exact) mass is 451 g/mol. The third-order valence-corrected chi connectivity index (χ3v) is 5.34. The Morgan fingerprint density at radius 3 is 2.55 bits per heavy atom. The van der Waals surface area contributed by atoms with Crippen LogP contribution in [-0.4, -0.2) is 38.3 Å². The first-order valence-electron chi connectivity index (χ1n) is 9.34. The van der Waals surface area contributed by atoms with Crippen LogP contribution in [0.1, 0.15) is 13.8 Å². The molecule has 0 aliphatic heterocycles. The topological polar surface area (TPSA) is 106 Å². The third kappa shape index (κ3) is 4.55. The fourth-order valence-corrected chi connectivity index (χ4v) is 3.97. The number of carboxylic acid groups (broad SMARTS) is 1. The van der Waals surface area contributed by atoms with E-state index in [2.05, 4.69) is 69.5 Å². The molecule has 0 atom stereocenters. The van der Waals surface area contributed by atoms with Gasteiger partial charge in [-0.25, -0.2) is 9.78 Å². The van der Waals surface area contributed by atoms with Gasteiger partial charge in [-0.15, -0.1) is 11.3 Å². The van der Waals surface area contributed by atoms with Crippen molar-refractivity contribution in [3.05, 3.63) is 35.8 Å². The Morgan fingerprint density at radius 2 is 2.00 bits per heavy atom. The second-order valence-corrected chi connectivity index (χ2v) is 7.37. The lowest BCUT2D eigenvalue weighted by Gasteiger charge is -2.13. The molecule has 11 heteroatoms. The molecule has 4 N–H and O–H groups in total. The van der Waals surface area contributed by atoms with Crippen molar-refractivity contribution < 1.29 is 23.1 Å². The zero-order valence-corrected chi connectivity index (χ0v) is 17.5. The van der Waals surface area contributed by atoms with E-state index in [1.165, 1.54) is 16.0 Å². The van der Waals surface area contributed by atoms with Gasteiger partial charge in [-0.1, -0.05) is 6.07 Å². The number of nitrogens with one attached hydrogen (secondary N) is 1. The largest absolute Gasteiger partial charge is 0.490 e. The predicted octanol–water partition coefficient (Wildman–Crippen LogP) is 4.98. The lowest BCUT2D eigenvalue weighted by molar-refractivity contribution is -0.192. The first-order chi connectivity index (χ1) is 14.7. The zero-order chi connectivity index (χ0) is 22.8. The van der Waals surface area contributed by atoms with Crippen LogP contribution in [-0.2, 0) is 11.3 Å². The van der Waals surface area contributed by atoms with Crippen molar-refractivity contribution >= 4 is 50.9 Å². The van der Waals surface area contributed by atoms with Crippen LogP contribution in [0.3, 0.4) is 0 Å². The molecule has 0 bridgehead atoms. The van der Waals surface area contributed by atoms with E-state index in [0.717, 1.165) is 35.2 Å². The smallest absolute Gasteiger partial charge is 0.475 e. The normalized spacial score (nSPS) is 11.4. The number of rotatable bonds is 4. The number of halogens is 3. The Bertz CT molecular complexity index is 1220. The summed E-state index contributed by atoms with van der Waals surface area (Å²) < 4.78 is 34.0. The summed E-state index contributed by atoms with van der Waals surface area (Å²) in [7, 11) is 0. The van der Waals surface area contributed by atoms with Gasteiger partial charge in [0.25, 0.3) is 0 Å². The molecule has 0 aliphatic rings. The van der Waals surface area contributed by atoms with Gasteiger partial charge in [0.05, 0.1) is 16.4 Å². The van der Waals surface area contributed by atoms with Gasteiger partial charge >= 0.3 is 12.1 Å². The van der Waals surface area contributed by atoms with Crippen molar-refractivity contribution in [3.8, 4) is 10.4 Å². The summed E-state index contributed by atoms with van der Waals surface area (Å²) in [6.45, 7) is 5.92. The van der Waals surface area contributed by atoms with Crippen LogP contribution in [0, 0.1) is 0 Å². The van der Waals surface area contributed by atoms with E-state index in [1.807, 2.05) is 0 Å². The van der Waals surface area contributed by atoms with E-state index in [1.54, 1.807) is 11.3 Å². The molecule has 1 aromatic carbocycles. The molecule has 3 heterocycles. The number of carboxylic acids is 1. The number of aliphatic carboxylic acids is 1. The number of aromatic nitrogens is 3. The highest BCUT2D eigenvalue weighted by Crippen LogP contribution is 2.39. The SMILES string of the molecule is CCNc1nc(N)nc2cc(-c3cccs3)c3c(ccn3CC)c12.O=C(O)C(F)(F)F. The standard InChI is InChI=1S/C18H19N5S.C2HF3O2/c1-3-20-17-15-11-7-8-23(4-2)16(11)12(14-6-5-9-24-14)10-13(15)21-18(19)22-17;3-2(4,5)1(6)7/h5-10H,3-4H2,1-2H3,(H3,19,20,21,22);(H,6,7). The molecule has 0 unspecified atom stereocenters. The Kier molecular flexibility index (Phi) is 6.34. The minimum atomic E-state index is -5.08. The number of thiophene rings is 1. The van der Waals surface area contributed by atoms with Crippen LogP contribution < -0.4 is 11.1 Å². The molecule has 7 nitrogen and oxygen atoms in total. The molecule has 3 aromatic heterocycles. The molecule has 164 valence electrons. The number of anilines is 2. The number of alkyl halides is 3. The number of benzene rings is 1. The molecule has 0 saturated heterocycles. The summed E-state index contributed by atoms with van der Waals surface area (Å²) >= 11 is 1.74. The van der Waals surface area contributed by atoms with E-state index in [9.17, 15) is 13.2 Å². The van der Waals surface area contributed by atoms with Crippen LogP contribution in [0.2, 0.25) is 0 Å². The lowest BCUT2D eigenvalue weighted by atomic mass is 10.0. The maximum Gasteiger partial charge on any atom is 0.490 e. The maximum atomic E-state index is 10.6. The molecule has 31 heavy (non-hydrogen) atoms. The first-order valence-corrected chi connectivity index (χ1v) is 10.2. The molecule has 0 spiro atoms. The third-order valence-electron chi connectivity index (χ3n) is 4.44. The zero-order valence-electron chi connectivity index (χ0n) is 16.7. The van der Waals surface area contributed by atoms with E-state index < -0.39 is 12.1 Å². The van der Waals surface area contributed by atoms with Crippen LogP contribution in [0.5, 0.6) is 0 Å². The highest BCUT2D eigenvalue weighted by Gasteiger charge is 2.38. The van der Waals surface area contributed by atoms with Gasteiger partial charge in [0.1, 0.15) is 5.82 Å². The van der Waals surface area contributed by atoms with Crippen LogP contribution in [0.4, 0.5) is 24.9 Å². The molecular formula is C20H20F3N5O2S. The summed E-state index contributed by atoms with van der Waals surface area (Å²) in [6.07, 6.45) is -2.95. The molecule has 4 aromatic rings. The summed E-state index contributed by atoms with van der Waals surface area (Å²) in [4.78, 5) is 19.0. The summed E-state index contributed by atoms with van der Waals surface area (Å²) in [6, 6.07) is 8.51.